The first-order valence-corrected chi connectivity index (χ1v) is 9.69. The van der Waals surface area contributed by atoms with E-state index in [0.717, 1.165) is 55.5 Å². The van der Waals surface area contributed by atoms with Crippen molar-refractivity contribution >= 4 is 22.4 Å². The highest BCUT2D eigenvalue weighted by Gasteiger charge is 2.30. The van der Waals surface area contributed by atoms with Gasteiger partial charge in [0.2, 0.25) is 11.0 Å². The van der Waals surface area contributed by atoms with E-state index in [1.54, 1.807) is 11.3 Å². The molecule has 0 atom stereocenters. The lowest BCUT2D eigenvalue weighted by Gasteiger charge is -2.35. The molecule has 0 unspecified atom stereocenters. The van der Waals surface area contributed by atoms with E-state index >= 15 is 0 Å². The van der Waals surface area contributed by atoms with E-state index in [0.29, 0.717) is 23.7 Å². The standard InChI is InChI=1S/C17H28N4OS/c1-12(2)15-18-19-17(23-15)21-9-7-13(8-10-21)11-20(3)16(22)14-5-4-6-14/h12-14H,4-11H2,1-3H3. The van der Waals surface area contributed by atoms with Gasteiger partial charge in [0.1, 0.15) is 5.01 Å². The van der Waals surface area contributed by atoms with Crippen molar-refractivity contribution in [3.05, 3.63) is 5.01 Å². The Morgan fingerprint density at radius 2 is 1.96 bits per heavy atom. The second-order valence-corrected chi connectivity index (χ2v) is 8.34. The number of carbonyl (C=O) groups excluding carboxylic acids is 1. The summed E-state index contributed by atoms with van der Waals surface area (Å²) in [5, 5.41) is 10.8. The molecule has 1 saturated heterocycles. The van der Waals surface area contributed by atoms with Crippen LogP contribution in [-0.4, -0.2) is 47.7 Å². The zero-order valence-electron chi connectivity index (χ0n) is 14.5. The third kappa shape index (κ3) is 3.84. The number of carbonyl (C=O) groups is 1. The second-order valence-electron chi connectivity index (χ2n) is 7.35. The van der Waals surface area contributed by atoms with Gasteiger partial charge in [-0.05, 0) is 31.6 Å². The van der Waals surface area contributed by atoms with Gasteiger partial charge in [-0.1, -0.05) is 31.6 Å². The van der Waals surface area contributed by atoms with Crippen molar-refractivity contribution in [3.63, 3.8) is 0 Å². The first-order chi connectivity index (χ1) is 11.0. The zero-order chi connectivity index (χ0) is 16.4. The molecule has 6 heteroatoms. The minimum atomic E-state index is 0.316. The van der Waals surface area contributed by atoms with Gasteiger partial charge >= 0.3 is 0 Å². The highest BCUT2D eigenvalue weighted by atomic mass is 32.1. The van der Waals surface area contributed by atoms with Gasteiger partial charge in [-0.25, -0.2) is 0 Å². The molecule has 1 aliphatic carbocycles. The molecule has 1 aliphatic heterocycles. The van der Waals surface area contributed by atoms with Crippen LogP contribution in [0.5, 0.6) is 0 Å². The first kappa shape index (κ1) is 16.7. The maximum atomic E-state index is 12.3. The topological polar surface area (TPSA) is 49.3 Å². The van der Waals surface area contributed by atoms with Crippen molar-refractivity contribution in [2.45, 2.75) is 51.9 Å². The molecule has 2 heterocycles. The van der Waals surface area contributed by atoms with Crippen LogP contribution in [0.3, 0.4) is 0 Å². The van der Waals surface area contributed by atoms with Crippen LogP contribution in [0.25, 0.3) is 0 Å². The Morgan fingerprint density at radius 1 is 1.26 bits per heavy atom. The van der Waals surface area contributed by atoms with Gasteiger partial charge in [-0.2, -0.15) is 0 Å². The average Bonchev–Trinajstić information content (AvgIpc) is 2.96. The van der Waals surface area contributed by atoms with E-state index in [9.17, 15) is 4.79 Å². The lowest BCUT2D eigenvalue weighted by atomic mass is 9.84. The molecular formula is C17H28N4OS. The molecule has 0 radical (unpaired) electrons. The molecule has 0 N–H and O–H groups in total. The Labute approximate surface area is 143 Å². The normalized spacial score (nSPS) is 19.9. The van der Waals surface area contributed by atoms with Crippen molar-refractivity contribution in [2.24, 2.45) is 11.8 Å². The van der Waals surface area contributed by atoms with Gasteiger partial charge in [-0.3, -0.25) is 4.79 Å². The number of nitrogens with zero attached hydrogens (tertiary/aromatic N) is 4. The number of anilines is 1. The van der Waals surface area contributed by atoms with Gasteiger partial charge < -0.3 is 9.80 Å². The van der Waals surface area contributed by atoms with Crippen molar-refractivity contribution in [2.75, 3.05) is 31.6 Å². The Hall–Kier alpha value is -1.17. The van der Waals surface area contributed by atoms with Crippen molar-refractivity contribution in [1.82, 2.24) is 15.1 Å². The summed E-state index contributed by atoms with van der Waals surface area (Å²) in [5.74, 6) is 1.75. The van der Waals surface area contributed by atoms with Gasteiger partial charge in [0.25, 0.3) is 0 Å². The SMILES string of the molecule is CC(C)c1nnc(N2CCC(CN(C)C(=O)C3CCC3)CC2)s1. The average molecular weight is 337 g/mol. The molecule has 1 amide bonds. The number of hydrogen-bond acceptors (Lipinski definition) is 5. The van der Waals surface area contributed by atoms with E-state index in [4.69, 9.17) is 0 Å². The van der Waals surface area contributed by atoms with Crippen LogP contribution in [0, 0.1) is 11.8 Å². The molecule has 5 nitrogen and oxygen atoms in total. The third-order valence-corrected chi connectivity index (χ3v) is 6.46. The molecule has 128 valence electrons. The summed E-state index contributed by atoms with van der Waals surface area (Å²) in [6.45, 7) is 7.29. The van der Waals surface area contributed by atoms with Crippen molar-refractivity contribution in [3.8, 4) is 0 Å². The van der Waals surface area contributed by atoms with Crippen molar-refractivity contribution in [1.29, 1.82) is 0 Å². The Bertz CT molecular complexity index is 532. The maximum absolute atomic E-state index is 12.3. The predicted molar refractivity (Wildman–Crippen MR) is 93.9 cm³/mol. The maximum Gasteiger partial charge on any atom is 0.225 e. The minimum absolute atomic E-state index is 0.316. The fourth-order valence-corrected chi connectivity index (χ4v) is 4.24. The minimum Gasteiger partial charge on any atom is -0.347 e. The molecule has 3 rings (SSSR count). The van der Waals surface area contributed by atoms with E-state index < -0.39 is 0 Å². The zero-order valence-corrected chi connectivity index (χ0v) is 15.3. The summed E-state index contributed by atoms with van der Waals surface area (Å²) in [4.78, 5) is 16.6. The Morgan fingerprint density at radius 3 is 2.48 bits per heavy atom. The number of aromatic nitrogens is 2. The second kappa shape index (κ2) is 7.16. The van der Waals surface area contributed by atoms with Gasteiger partial charge in [0.15, 0.2) is 0 Å². The van der Waals surface area contributed by atoms with E-state index in [1.165, 1.54) is 6.42 Å². The molecule has 2 fully saturated rings. The summed E-state index contributed by atoms with van der Waals surface area (Å²) in [6, 6.07) is 0. The van der Waals surface area contributed by atoms with E-state index in [1.807, 2.05) is 11.9 Å². The summed E-state index contributed by atoms with van der Waals surface area (Å²) < 4.78 is 0. The molecule has 23 heavy (non-hydrogen) atoms. The van der Waals surface area contributed by atoms with E-state index in [-0.39, 0.29) is 0 Å². The third-order valence-electron chi connectivity index (χ3n) is 5.17. The fraction of sp³-hybridized carbons (Fsp3) is 0.824. The van der Waals surface area contributed by atoms with Crippen LogP contribution in [0.15, 0.2) is 0 Å². The molecule has 1 saturated carbocycles. The van der Waals surface area contributed by atoms with Crippen LogP contribution in [0.1, 0.15) is 56.9 Å². The molecule has 0 spiro atoms. The smallest absolute Gasteiger partial charge is 0.225 e. The Balaban J connectivity index is 1.47. The molecule has 0 bridgehead atoms. The van der Waals surface area contributed by atoms with E-state index in [2.05, 4.69) is 28.9 Å². The summed E-state index contributed by atoms with van der Waals surface area (Å²) in [5.41, 5.74) is 0. The predicted octanol–water partition coefficient (Wildman–Crippen LogP) is 3.14. The number of piperidine rings is 1. The fourth-order valence-electron chi connectivity index (χ4n) is 3.34. The molecule has 2 aliphatic rings. The Kier molecular flexibility index (Phi) is 5.19. The number of hydrogen-bond donors (Lipinski definition) is 0. The lowest BCUT2D eigenvalue weighted by molar-refractivity contribution is -0.137. The van der Waals surface area contributed by atoms with Crippen molar-refractivity contribution < 1.29 is 4.79 Å². The molecule has 0 aromatic carbocycles. The molecule has 1 aromatic rings. The van der Waals surface area contributed by atoms with Gasteiger partial charge in [0, 0.05) is 38.5 Å². The summed E-state index contributed by atoms with van der Waals surface area (Å²) >= 11 is 1.72. The van der Waals surface area contributed by atoms with Crippen LogP contribution in [0.2, 0.25) is 0 Å². The monoisotopic (exact) mass is 336 g/mol. The summed E-state index contributed by atoms with van der Waals surface area (Å²) in [7, 11) is 1.98. The highest BCUT2D eigenvalue weighted by Crippen LogP contribution is 2.31. The molecular weight excluding hydrogens is 308 g/mol. The number of amides is 1. The van der Waals surface area contributed by atoms with Gasteiger partial charge in [0.05, 0.1) is 0 Å². The van der Waals surface area contributed by atoms with Crippen LogP contribution >= 0.6 is 11.3 Å². The van der Waals surface area contributed by atoms with Crippen LogP contribution in [-0.2, 0) is 4.79 Å². The largest absolute Gasteiger partial charge is 0.347 e. The molecule has 1 aromatic heterocycles. The van der Waals surface area contributed by atoms with Gasteiger partial charge in [-0.15, -0.1) is 10.2 Å². The highest BCUT2D eigenvalue weighted by molar-refractivity contribution is 7.15. The van der Waals surface area contributed by atoms with Crippen LogP contribution in [0.4, 0.5) is 5.13 Å². The number of rotatable bonds is 5. The van der Waals surface area contributed by atoms with Crippen LogP contribution < -0.4 is 4.90 Å². The summed E-state index contributed by atoms with van der Waals surface area (Å²) in [6.07, 6.45) is 5.69. The quantitative estimate of drug-likeness (QED) is 0.829. The lowest BCUT2D eigenvalue weighted by Crippen LogP contribution is -2.42. The first-order valence-electron chi connectivity index (χ1n) is 8.88.